The van der Waals surface area contributed by atoms with Crippen molar-refractivity contribution in [1.29, 1.82) is 0 Å². The third-order valence-corrected chi connectivity index (χ3v) is 4.05. The molecule has 2 aromatic rings. The van der Waals surface area contributed by atoms with E-state index >= 15 is 0 Å². The highest BCUT2D eigenvalue weighted by Crippen LogP contribution is 2.26. The van der Waals surface area contributed by atoms with Crippen LogP contribution in [-0.2, 0) is 22.4 Å². The van der Waals surface area contributed by atoms with Gasteiger partial charge in [-0.05, 0) is 18.6 Å². The lowest BCUT2D eigenvalue weighted by Gasteiger charge is -2.08. The lowest BCUT2D eigenvalue weighted by molar-refractivity contribution is 0.419. The summed E-state index contributed by atoms with van der Waals surface area (Å²) in [6, 6.07) is 5.69. The number of fused-ring (bicyclic) bond motifs is 1. The van der Waals surface area contributed by atoms with Gasteiger partial charge in [-0.15, -0.1) is 11.6 Å². The highest BCUT2D eigenvalue weighted by molar-refractivity contribution is 7.88. The summed E-state index contributed by atoms with van der Waals surface area (Å²) in [7, 11) is -1.55. The first kappa shape index (κ1) is 16.1. The Bertz CT molecular complexity index is 728. The van der Waals surface area contributed by atoms with E-state index in [2.05, 4.69) is 9.71 Å². The van der Waals surface area contributed by atoms with Crippen LogP contribution in [0, 0.1) is 0 Å². The van der Waals surface area contributed by atoms with E-state index in [-0.39, 0.29) is 5.88 Å². The summed E-state index contributed by atoms with van der Waals surface area (Å²) in [6.07, 6.45) is 1.80. The van der Waals surface area contributed by atoms with Crippen LogP contribution in [0.5, 0.6) is 5.75 Å². The number of nitrogens with one attached hydrogen (secondary N) is 1. The van der Waals surface area contributed by atoms with Crippen molar-refractivity contribution in [2.24, 2.45) is 0 Å². The highest BCUT2D eigenvalue weighted by atomic mass is 35.5. The second-order valence-corrected chi connectivity index (χ2v) is 6.76. The zero-order chi connectivity index (χ0) is 15.5. The molecule has 1 N–H and O–H groups in total. The monoisotopic (exact) mass is 331 g/mol. The van der Waals surface area contributed by atoms with Crippen molar-refractivity contribution in [3.8, 4) is 5.75 Å². The molecule has 0 bridgehead atoms. The first-order valence-electron chi connectivity index (χ1n) is 6.49. The lowest BCUT2D eigenvalue weighted by atomic mass is 10.3. The molecule has 1 aromatic heterocycles. The van der Waals surface area contributed by atoms with E-state index in [1.165, 1.54) is 0 Å². The molecule has 0 atom stereocenters. The molecule has 0 fully saturated rings. The number of sulfonamides is 1. The van der Waals surface area contributed by atoms with Gasteiger partial charge in [-0.3, -0.25) is 0 Å². The molecule has 116 valence electrons. The van der Waals surface area contributed by atoms with Crippen LogP contribution < -0.4 is 9.46 Å². The molecule has 0 saturated heterocycles. The molecule has 8 heteroatoms. The number of nitrogens with zero attached hydrogens (tertiary/aromatic N) is 2. The van der Waals surface area contributed by atoms with Gasteiger partial charge in [-0.25, -0.2) is 18.1 Å². The SMILES string of the molecule is COc1cccc2c1nc(CCl)n2CCCNS(C)(=O)=O. The number of aryl methyl sites for hydroxylation is 1. The van der Waals surface area contributed by atoms with Crippen LogP contribution in [0.1, 0.15) is 12.2 Å². The fourth-order valence-electron chi connectivity index (χ4n) is 2.18. The molecule has 1 heterocycles. The van der Waals surface area contributed by atoms with E-state index in [4.69, 9.17) is 16.3 Å². The Hall–Kier alpha value is -1.31. The standard InChI is InChI=1S/C13H18ClN3O3S/c1-20-11-6-3-5-10-13(11)16-12(9-14)17(10)8-4-7-15-21(2,18)19/h3,5-6,15H,4,7-9H2,1-2H3. The van der Waals surface area contributed by atoms with Gasteiger partial charge in [0.2, 0.25) is 10.0 Å². The predicted molar refractivity (Wildman–Crippen MR) is 83.3 cm³/mol. The molecule has 0 aliphatic carbocycles. The zero-order valence-corrected chi connectivity index (χ0v) is 13.5. The number of alkyl halides is 1. The molecule has 2 rings (SSSR count). The number of hydrogen-bond acceptors (Lipinski definition) is 4. The van der Waals surface area contributed by atoms with Gasteiger partial charge in [0, 0.05) is 13.1 Å². The molecule has 0 unspecified atom stereocenters. The molecule has 0 saturated carbocycles. The summed E-state index contributed by atoms with van der Waals surface area (Å²) in [5.74, 6) is 1.74. The smallest absolute Gasteiger partial charge is 0.208 e. The average Bonchev–Trinajstić information content (AvgIpc) is 2.80. The minimum atomic E-state index is -3.15. The third kappa shape index (κ3) is 3.87. The molecule has 21 heavy (non-hydrogen) atoms. The van der Waals surface area contributed by atoms with E-state index in [9.17, 15) is 8.42 Å². The Morgan fingerprint density at radius 3 is 2.81 bits per heavy atom. The third-order valence-electron chi connectivity index (χ3n) is 3.08. The number of rotatable bonds is 7. The maximum Gasteiger partial charge on any atom is 0.208 e. The van der Waals surface area contributed by atoms with E-state index < -0.39 is 10.0 Å². The Kier molecular flexibility index (Phi) is 5.08. The maximum absolute atomic E-state index is 11.0. The maximum atomic E-state index is 11.0. The topological polar surface area (TPSA) is 73.2 Å². The number of para-hydroxylation sites is 1. The number of aromatic nitrogens is 2. The van der Waals surface area contributed by atoms with Gasteiger partial charge in [0.15, 0.2) is 0 Å². The fraction of sp³-hybridized carbons (Fsp3) is 0.462. The Morgan fingerprint density at radius 2 is 2.19 bits per heavy atom. The van der Waals surface area contributed by atoms with Gasteiger partial charge in [0.1, 0.15) is 17.1 Å². The molecule has 0 spiro atoms. The van der Waals surface area contributed by atoms with Crippen LogP contribution in [0.3, 0.4) is 0 Å². The largest absolute Gasteiger partial charge is 0.494 e. The normalized spacial score (nSPS) is 12.0. The van der Waals surface area contributed by atoms with Crippen molar-refractivity contribution in [3.05, 3.63) is 24.0 Å². The summed E-state index contributed by atoms with van der Waals surface area (Å²) in [6.45, 7) is 1.01. The average molecular weight is 332 g/mol. The van der Waals surface area contributed by atoms with Crippen molar-refractivity contribution < 1.29 is 13.2 Å². The Morgan fingerprint density at radius 1 is 1.43 bits per heavy atom. The van der Waals surface area contributed by atoms with Gasteiger partial charge in [0.25, 0.3) is 0 Å². The van der Waals surface area contributed by atoms with Crippen LogP contribution in [0.2, 0.25) is 0 Å². The number of methoxy groups -OCH3 is 1. The first-order chi connectivity index (χ1) is 9.96. The van der Waals surface area contributed by atoms with Crippen LogP contribution in [-0.4, -0.2) is 37.9 Å². The van der Waals surface area contributed by atoms with Gasteiger partial charge in [-0.2, -0.15) is 0 Å². The number of imidazole rings is 1. The summed E-state index contributed by atoms with van der Waals surface area (Å²) >= 11 is 5.95. The van der Waals surface area contributed by atoms with Gasteiger partial charge >= 0.3 is 0 Å². The van der Waals surface area contributed by atoms with E-state index in [1.807, 2.05) is 22.8 Å². The van der Waals surface area contributed by atoms with E-state index in [1.54, 1.807) is 7.11 Å². The van der Waals surface area contributed by atoms with Crippen LogP contribution >= 0.6 is 11.6 Å². The highest BCUT2D eigenvalue weighted by Gasteiger charge is 2.13. The van der Waals surface area contributed by atoms with E-state index in [0.29, 0.717) is 25.3 Å². The van der Waals surface area contributed by atoms with Gasteiger partial charge in [-0.1, -0.05) is 6.07 Å². The molecular weight excluding hydrogens is 314 g/mol. The lowest BCUT2D eigenvalue weighted by Crippen LogP contribution is -2.24. The van der Waals surface area contributed by atoms with Crippen LogP contribution in [0.25, 0.3) is 11.0 Å². The van der Waals surface area contributed by atoms with Crippen LogP contribution in [0.4, 0.5) is 0 Å². The molecule has 0 amide bonds. The van der Waals surface area contributed by atoms with Gasteiger partial charge < -0.3 is 9.30 Å². The second kappa shape index (κ2) is 6.64. The molecule has 0 radical (unpaired) electrons. The number of halogens is 1. The van der Waals surface area contributed by atoms with Crippen molar-refractivity contribution >= 4 is 32.7 Å². The number of ether oxygens (including phenoxy) is 1. The summed E-state index contributed by atoms with van der Waals surface area (Å²) in [5, 5.41) is 0. The number of hydrogen-bond donors (Lipinski definition) is 1. The number of benzene rings is 1. The van der Waals surface area contributed by atoms with Crippen molar-refractivity contribution in [2.45, 2.75) is 18.8 Å². The quantitative estimate of drug-likeness (QED) is 0.619. The second-order valence-electron chi connectivity index (χ2n) is 4.66. The van der Waals surface area contributed by atoms with Crippen molar-refractivity contribution in [1.82, 2.24) is 14.3 Å². The predicted octanol–water partition coefficient (Wildman–Crippen LogP) is 1.72. The Balaban J connectivity index is 2.22. The van der Waals surface area contributed by atoms with Crippen molar-refractivity contribution in [2.75, 3.05) is 19.9 Å². The van der Waals surface area contributed by atoms with Gasteiger partial charge in [0.05, 0.1) is 24.8 Å². The molecule has 0 aliphatic rings. The fourth-order valence-corrected chi connectivity index (χ4v) is 2.90. The van der Waals surface area contributed by atoms with Crippen LogP contribution in [0.15, 0.2) is 18.2 Å². The Labute approximate surface area is 129 Å². The molecule has 1 aromatic carbocycles. The summed E-state index contributed by atoms with van der Waals surface area (Å²) in [5.41, 5.74) is 1.70. The van der Waals surface area contributed by atoms with Crippen molar-refractivity contribution in [3.63, 3.8) is 0 Å². The first-order valence-corrected chi connectivity index (χ1v) is 8.91. The minimum absolute atomic E-state index is 0.289. The molecular formula is C13H18ClN3O3S. The summed E-state index contributed by atoms with van der Waals surface area (Å²) in [4.78, 5) is 4.50. The minimum Gasteiger partial charge on any atom is -0.494 e. The zero-order valence-electron chi connectivity index (χ0n) is 12.0. The molecule has 6 nitrogen and oxygen atoms in total. The van der Waals surface area contributed by atoms with E-state index in [0.717, 1.165) is 23.1 Å². The summed E-state index contributed by atoms with van der Waals surface area (Å²) < 4.78 is 31.9. The molecule has 0 aliphatic heterocycles.